The van der Waals surface area contributed by atoms with Gasteiger partial charge in [0.15, 0.2) is 0 Å². The third kappa shape index (κ3) is 3.64. The molecule has 1 aliphatic rings. The molecule has 0 radical (unpaired) electrons. The van der Waals surface area contributed by atoms with E-state index in [1.165, 1.54) is 17.7 Å². The van der Waals surface area contributed by atoms with Crippen molar-refractivity contribution < 1.29 is 4.39 Å². The molecule has 5 rings (SSSR count). The number of rotatable bonds is 4. The SMILES string of the molecule is Fc1ccc(-c2nn3cc(CN4CCNCC4)ccc3c2-c2ccncc2)cc1. The van der Waals surface area contributed by atoms with Crippen LogP contribution in [-0.4, -0.2) is 45.7 Å². The van der Waals surface area contributed by atoms with E-state index >= 15 is 0 Å². The highest BCUT2D eigenvalue weighted by molar-refractivity contribution is 5.92. The van der Waals surface area contributed by atoms with Crippen molar-refractivity contribution in [3.05, 3.63) is 78.5 Å². The van der Waals surface area contributed by atoms with Crippen LogP contribution in [0.15, 0.2) is 67.1 Å². The summed E-state index contributed by atoms with van der Waals surface area (Å²) in [7, 11) is 0. The van der Waals surface area contributed by atoms with Crippen molar-refractivity contribution in [2.45, 2.75) is 6.54 Å². The molecule has 0 saturated carbocycles. The smallest absolute Gasteiger partial charge is 0.123 e. The summed E-state index contributed by atoms with van der Waals surface area (Å²) < 4.78 is 15.4. The molecule has 4 heterocycles. The molecule has 6 heteroatoms. The van der Waals surface area contributed by atoms with Crippen molar-refractivity contribution in [2.24, 2.45) is 0 Å². The van der Waals surface area contributed by atoms with E-state index in [1.54, 1.807) is 24.5 Å². The van der Waals surface area contributed by atoms with E-state index in [0.29, 0.717) is 0 Å². The van der Waals surface area contributed by atoms with Crippen LogP contribution in [0.4, 0.5) is 4.39 Å². The second-order valence-corrected chi connectivity index (χ2v) is 7.36. The standard InChI is InChI=1S/C23H22FN5/c24-20-4-2-19(3-5-20)23-22(18-7-9-25-10-8-18)21-6-1-17(16-29(21)27-23)15-28-13-11-26-12-14-28/h1-10,16,26H,11-15H2. The third-order valence-electron chi connectivity index (χ3n) is 5.39. The summed E-state index contributed by atoms with van der Waals surface area (Å²) in [4.78, 5) is 6.59. The van der Waals surface area contributed by atoms with Gasteiger partial charge >= 0.3 is 0 Å². The monoisotopic (exact) mass is 387 g/mol. The number of hydrogen-bond acceptors (Lipinski definition) is 4. The molecule has 0 aliphatic carbocycles. The average molecular weight is 387 g/mol. The number of fused-ring (bicyclic) bond motifs is 1. The predicted octanol–water partition coefficient (Wildman–Crippen LogP) is 3.61. The van der Waals surface area contributed by atoms with Crippen LogP contribution in [0.2, 0.25) is 0 Å². The lowest BCUT2D eigenvalue weighted by Crippen LogP contribution is -2.42. The number of nitrogens with zero attached hydrogens (tertiary/aromatic N) is 4. The Morgan fingerprint density at radius 1 is 0.897 bits per heavy atom. The molecule has 146 valence electrons. The van der Waals surface area contributed by atoms with Crippen molar-refractivity contribution in [2.75, 3.05) is 26.2 Å². The molecule has 4 aromatic rings. The minimum Gasteiger partial charge on any atom is -0.314 e. The Morgan fingerprint density at radius 2 is 1.66 bits per heavy atom. The van der Waals surface area contributed by atoms with Crippen LogP contribution in [0, 0.1) is 5.82 Å². The van der Waals surface area contributed by atoms with Crippen molar-refractivity contribution >= 4 is 5.52 Å². The Bertz CT molecular complexity index is 1120. The minimum absolute atomic E-state index is 0.249. The highest BCUT2D eigenvalue weighted by atomic mass is 19.1. The molecule has 1 aliphatic heterocycles. The molecule has 0 atom stereocenters. The Kier molecular flexibility index (Phi) is 4.79. The molecular weight excluding hydrogens is 365 g/mol. The maximum absolute atomic E-state index is 13.5. The van der Waals surface area contributed by atoms with Gasteiger partial charge in [-0.15, -0.1) is 0 Å². The van der Waals surface area contributed by atoms with Gasteiger partial charge in [0.1, 0.15) is 11.5 Å². The van der Waals surface area contributed by atoms with Crippen LogP contribution in [-0.2, 0) is 6.54 Å². The van der Waals surface area contributed by atoms with Crippen LogP contribution >= 0.6 is 0 Å². The van der Waals surface area contributed by atoms with E-state index in [4.69, 9.17) is 5.10 Å². The molecule has 3 aromatic heterocycles. The summed E-state index contributed by atoms with van der Waals surface area (Å²) in [6, 6.07) is 14.8. The lowest BCUT2D eigenvalue weighted by Gasteiger charge is -2.27. The van der Waals surface area contributed by atoms with Gasteiger partial charge in [0, 0.05) is 62.4 Å². The van der Waals surface area contributed by atoms with E-state index in [1.807, 2.05) is 16.6 Å². The van der Waals surface area contributed by atoms with Gasteiger partial charge in [-0.05, 0) is 53.6 Å². The van der Waals surface area contributed by atoms with Crippen molar-refractivity contribution in [3.63, 3.8) is 0 Å². The number of aromatic nitrogens is 3. The first kappa shape index (κ1) is 18.0. The van der Waals surface area contributed by atoms with Gasteiger partial charge in [-0.25, -0.2) is 8.91 Å². The zero-order valence-electron chi connectivity index (χ0n) is 16.1. The quantitative estimate of drug-likeness (QED) is 0.581. The van der Waals surface area contributed by atoms with E-state index in [2.05, 4.69) is 33.5 Å². The maximum atomic E-state index is 13.5. The molecule has 0 spiro atoms. The fourth-order valence-electron chi connectivity index (χ4n) is 3.93. The summed E-state index contributed by atoms with van der Waals surface area (Å²) in [5.41, 5.74) is 6.08. The molecule has 0 amide bonds. The molecule has 1 saturated heterocycles. The normalized spacial score (nSPS) is 15.1. The number of halogens is 1. The van der Waals surface area contributed by atoms with Crippen LogP contribution in [0.1, 0.15) is 5.56 Å². The van der Waals surface area contributed by atoms with Crippen LogP contribution < -0.4 is 5.32 Å². The van der Waals surface area contributed by atoms with E-state index < -0.39 is 0 Å². The first-order chi connectivity index (χ1) is 14.3. The van der Waals surface area contributed by atoms with Gasteiger partial charge in [0.2, 0.25) is 0 Å². The highest BCUT2D eigenvalue weighted by Gasteiger charge is 2.17. The van der Waals surface area contributed by atoms with Gasteiger partial charge in [-0.2, -0.15) is 5.10 Å². The summed E-state index contributed by atoms with van der Waals surface area (Å²) in [5.74, 6) is -0.249. The highest BCUT2D eigenvalue weighted by Crippen LogP contribution is 2.35. The average Bonchev–Trinajstić information content (AvgIpc) is 3.14. The van der Waals surface area contributed by atoms with Gasteiger partial charge in [0.05, 0.1) is 5.52 Å². The number of nitrogens with one attached hydrogen (secondary N) is 1. The van der Waals surface area contributed by atoms with Gasteiger partial charge in [-0.3, -0.25) is 9.88 Å². The second-order valence-electron chi connectivity index (χ2n) is 7.36. The Balaban J connectivity index is 1.61. The number of pyridine rings is 2. The molecule has 5 nitrogen and oxygen atoms in total. The number of hydrogen-bond donors (Lipinski definition) is 1. The van der Waals surface area contributed by atoms with Gasteiger partial charge in [-0.1, -0.05) is 6.07 Å². The first-order valence-corrected chi connectivity index (χ1v) is 9.88. The molecule has 29 heavy (non-hydrogen) atoms. The van der Waals surface area contributed by atoms with Crippen molar-refractivity contribution in [3.8, 4) is 22.4 Å². The zero-order valence-corrected chi connectivity index (χ0v) is 16.1. The van der Waals surface area contributed by atoms with E-state index in [-0.39, 0.29) is 5.82 Å². The first-order valence-electron chi connectivity index (χ1n) is 9.88. The van der Waals surface area contributed by atoms with Crippen LogP contribution in [0.25, 0.3) is 27.9 Å². The summed E-state index contributed by atoms with van der Waals surface area (Å²) in [6.45, 7) is 5.09. The summed E-state index contributed by atoms with van der Waals surface area (Å²) >= 11 is 0. The largest absolute Gasteiger partial charge is 0.314 e. The molecule has 1 N–H and O–H groups in total. The Morgan fingerprint density at radius 3 is 2.41 bits per heavy atom. The second kappa shape index (κ2) is 7.73. The van der Waals surface area contributed by atoms with Crippen molar-refractivity contribution in [1.29, 1.82) is 0 Å². The van der Waals surface area contributed by atoms with Gasteiger partial charge in [0.25, 0.3) is 0 Å². The Hall–Kier alpha value is -3.09. The Labute approximate surface area is 168 Å². The summed E-state index contributed by atoms with van der Waals surface area (Å²) in [5, 5.41) is 8.28. The lowest BCUT2D eigenvalue weighted by atomic mass is 10.0. The zero-order chi connectivity index (χ0) is 19.6. The molecule has 0 unspecified atom stereocenters. The topological polar surface area (TPSA) is 45.5 Å². The predicted molar refractivity (Wildman–Crippen MR) is 112 cm³/mol. The van der Waals surface area contributed by atoms with Crippen LogP contribution in [0.5, 0.6) is 0 Å². The summed E-state index contributed by atoms with van der Waals surface area (Å²) in [6.07, 6.45) is 5.67. The number of benzene rings is 1. The lowest BCUT2D eigenvalue weighted by molar-refractivity contribution is 0.233. The molecule has 1 fully saturated rings. The fraction of sp³-hybridized carbons (Fsp3) is 0.217. The molecule has 0 bridgehead atoms. The maximum Gasteiger partial charge on any atom is 0.123 e. The van der Waals surface area contributed by atoms with Crippen molar-refractivity contribution in [1.82, 2.24) is 24.8 Å². The van der Waals surface area contributed by atoms with Crippen LogP contribution in [0.3, 0.4) is 0 Å². The van der Waals surface area contributed by atoms with Gasteiger partial charge < -0.3 is 5.32 Å². The minimum atomic E-state index is -0.249. The third-order valence-corrected chi connectivity index (χ3v) is 5.39. The van der Waals surface area contributed by atoms with E-state index in [9.17, 15) is 4.39 Å². The molecular formula is C23H22FN5. The molecule has 1 aromatic carbocycles. The van der Waals surface area contributed by atoms with E-state index in [0.717, 1.165) is 60.6 Å². The fourth-order valence-corrected chi connectivity index (χ4v) is 3.93. The number of piperazine rings is 1.